The predicted octanol–water partition coefficient (Wildman–Crippen LogP) is 0.965. The maximum atomic E-state index is 10.8. The minimum Gasteiger partial charge on any atom is -0.477 e. The van der Waals surface area contributed by atoms with Crippen LogP contribution in [0.1, 0.15) is 10.5 Å². The Morgan fingerprint density at radius 2 is 2.00 bits per heavy atom. The highest BCUT2D eigenvalue weighted by Crippen LogP contribution is 2.07. The van der Waals surface area contributed by atoms with Crippen molar-refractivity contribution in [2.24, 2.45) is 0 Å². The number of carboxylic acids is 1. The summed E-state index contributed by atoms with van der Waals surface area (Å²) in [6.07, 6.45) is 4.74. The summed E-state index contributed by atoms with van der Waals surface area (Å²) in [5, 5.41) is 8.84. The van der Waals surface area contributed by atoms with Crippen LogP contribution in [0.3, 0.4) is 0 Å². The first-order valence-corrected chi connectivity index (χ1v) is 3.97. The maximum absolute atomic E-state index is 10.8. The Hall–Kier alpha value is -2.17. The van der Waals surface area contributed by atoms with Gasteiger partial charge in [0, 0.05) is 18.6 Å². The van der Waals surface area contributed by atoms with Gasteiger partial charge in [-0.2, -0.15) is 0 Å². The second-order valence-electron chi connectivity index (χ2n) is 2.62. The predicted molar refractivity (Wildman–Crippen MR) is 48.3 cm³/mol. The largest absolute Gasteiger partial charge is 0.477 e. The van der Waals surface area contributed by atoms with E-state index in [-0.39, 0.29) is 5.69 Å². The van der Waals surface area contributed by atoms with E-state index >= 15 is 0 Å². The molecule has 1 N–H and O–H groups in total. The molecular weight excluding hydrogens is 182 g/mol. The van der Waals surface area contributed by atoms with Crippen LogP contribution in [0.15, 0.2) is 36.8 Å². The number of carboxylic acid groups (broad SMARTS) is 1. The summed E-state index contributed by atoms with van der Waals surface area (Å²) in [6.45, 7) is 0. The molecule has 0 aliphatic heterocycles. The van der Waals surface area contributed by atoms with Crippen molar-refractivity contribution in [1.29, 1.82) is 0 Å². The molecule has 2 aromatic rings. The molecule has 5 heteroatoms. The third-order valence-electron chi connectivity index (χ3n) is 1.74. The lowest BCUT2D eigenvalue weighted by Gasteiger charge is -2.02. The van der Waals surface area contributed by atoms with Crippen molar-refractivity contribution < 1.29 is 9.90 Å². The smallest absolute Gasteiger partial charge is 0.352 e. The number of hydrogen-bond donors (Lipinski definition) is 1. The molecule has 2 rings (SSSR count). The normalized spacial score (nSPS) is 10.0. The van der Waals surface area contributed by atoms with Gasteiger partial charge in [0.05, 0.1) is 0 Å². The van der Waals surface area contributed by atoms with Crippen LogP contribution in [0.25, 0.3) is 5.95 Å². The quantitative estimate of drug-likeness (QED) is 0.764. The van der Waals surface area contributed by atoms with E-state index in [2.05, 4.69) is 9.97 Å². The zero-order valence-electron chi connectivity index (χ0n) is 7.16. The Bertz CT molecular complexity index is 450. The van der Waals surface area contributed by atoms with Crippen LogP contribution >= 0.6 is 0 Å². The zero-order valence-corrected chi connectivity index (χ0v) is 7.16. The molecule has 0 amide bonds. The van der Waals surface area contributed by atoms with Gasteiger partial charge in [-0.15, -0.1) is 0 Å². The fourth-order valence-corrected chi connectivity index (χ4v) is 1.15. The molecular formula is C9H7N3O2. The number of hydrogen-bond acceptors (Lipinski definition) is 3. The second kappa shape index (κ2) is 3.29. The van der Waals surface area contributed by atoms with Gasteiger partial charge in [-0.1, -0.05) is 0 Å². The van der Waals surface area contributed by atoms with E-state index in [1.165, 1.54) is 10.6 Å². The first-order valence-electron chi connectivity index (χ1n) is 3.97. The van der Waals surface area contributed by atoms with Crippen LogP contribution in [0, 0.1) is 0 Å². The Morgan fingerprint density at radius 1 is 1.29 bits per heavy atom. The van der Waals surface area contributed by atoms with Crippen molar-refractivity contribution in [3.8, 4) is 5.95 Å². The molecule has 0 saturated heterocycles. The van der Waals surface area contributed by atoms with E-state index in [1.54, 1.807) is 30.7 Å². The van der Waals surface area contributed by atoms with E-state index < -0.39 is 5.97 Å². The standard InChI is InChI=1S/C9H7N3O2/c13-8(14)7-3-1-6-12(7)9-10-4-2-5-11-9/h1-6H,(H,13,14). The summed E-state index contributed by atoms with van der Waals surface area (Å²) in [6, 6.07) is 4.81. The number of carbonyl (C=O) groups is 1. The van der Waals surface area contributed by atoms with Gasteiger partial charge in [0.15, 0.2) is 0 Å². The number of aromatic nitrogens is 3. The second-order valence-corrected chi connectivity index (χ2v) is 2.62. The first-order chi connectivity index (χ1) is 6.79. The molecule has 0 spiro atoms. The molecule has 0 atom stereocenters. The SMILES string of the molecule is O=C(O)c1cccn1-c1ncccn1. The van der Waals surface area contributed by atoms with E-state index in [4.69, 9.17) is 5.11 Å². The summed E-state index contributed by atoms with van der Waals surface area (Å²) in [5.74, 6) is -0.641. The molecule has 0 aromatic carbocycles. The molecule has 0 fully saturated rings. The van der Waals surface area contributed by atoms with Gasteiger partial charge in [-0.05, 0) is 18.2 Å². The first kappa shape index (κ1) is 8.43. The van der Waals surface area contributed by atoms with Crippen molar-refractivity contribution in [2.75, 3.05) is 0 Å². The van der Waals surface area contributed by atoms with Gasteiger partial charge < -0.3 is 5.11 Å². The molecule has 5 nitrogen and oxygen atoms in total. The molecule has 2 aromatic heterocycles. The highest BCUT2D eigenvalue weighted by molar-refractivity contribution is 5.86. The third-order valence-corrected chi connectivity index (χ3v) is 1.74. The highest BCUT2D eigenvalue weighted by atomic mass is 16.4. The monoisotopic (exact) mass is 189 g/mol. The fourth-order valence-electron chi connectivity index (χ4n) is 1.15. The van der Waals surface area contributed by atoms with Crippen molar-refractivity contribution in [3.05, 3.63) is 42.5 Å². The van der Waals surface area contributed by atoms with Gasteiger partial charge in [0.2, 0.25) is 5.95 Å². The topological polar surface area (TPSA) is 68.0 Å². The number of aromatic carboxylic acids is 1. The van der Waals surface area contributed by atoms with Crippen LogP contribution in [0.4, 0.5) is 0 Å². The molecule has 0 aliphatic carbocycles. The minimum absolute atomic E-state index is 0.149. The highest BCUT2D eigenvalue weighted by Gasteiger charge is 2.10. The van der Waals surface area contributed by atoms with Crippen LogP contribution in [-0.2, 0) is 0 Å². The lowest BCUT2D eigenvalue weighted by Crippen LogP contribution is -2.08. The van der Waals surface area contributed by atoms with Crippen LogP contribution in [0.5, 0.6) is 0 Å². The van der Waals surface area contributed by atoms with E-state index in [0.29, 0.717) is 5.95 Å². The van der Waals surface area contributed by atoms with E-state index in [1.807, 2.05) is 0 Å². The van der Waals surface area contributed by atoms with Gasteiger partial charge in [-0.25, -0.2) is 14.8 Å². The molecule has 0 saturated carbocycles. The van der Waals surface area contributed by atoms with Crippen molar-refractivity contribution in [1.82, 2.24) is 14.5 Å². The Morgan fingerprint density at radius 3 is 2.64 bits per heavy atom. The van der Waals surface area contributed by atoms with Crippen LogP contribution < -0.4 is 0 Å². The Labute approximate surface area is 79.7 Å². The fraction of sp³-hybridized carbons (Fsp3) is 0. The van der Waals surface area contributed by atoms with Gasteiger partial charge in [0.25, 0.3) is 0 Å². The van der Waals surface area contributed by atoms with Gasteiger partial charge in [0.1, 0.15) is 5.69 Å². The molecule has 0 radical (unpaired) electrons. The van der Waals surface area contributed by atoms with Crippen molar-refractivity contribution in [3.63, 3.8) is 0 Å². The molecule has 14 heavy (non-hydrogen) atoms. The summed E-state index contributed by atoms with van der Waals surface area (Å²) >= 11 is 0. The molecule has 70 valence electrons. The number of nitrogens with zero attached hydrogens (tertiary/aromatic N) is 3. The average molecular weight is 189 g/mol. The Balaban J connectivity index is 2.52. The summed E-state index contributed by atoms with van der Waals surface area (Å²) in [7, 11) is 0. The minimum atomic E-state index is -0.998. The van der Waals surface area contributed by atoms with Gasteiger partial charge in [-0.3, -0.25) is 4.57 Å². The summed E-state index contributed by atoms with van der Waals surface area (Å²) in [5.41, 5.74) is 0.149. The van der Waals surface area contributed by atoms with E-state index in [9.17, 15) is 4.79 Å². The lowest BCUT2D eigenvalue weighted by atomic mass is 10.4. The third kappa shape index (κ3) is 1.35. The average Bonchev–Trinajstić information content (AvgIpc) is 2.67. The lowest BCUT2D eigenvalue weighted by molar-refractivity contribution is 0.0688. The van der Waals surface area contributed by atoms with Crippen LogP contribution in [0.2, 0.25) is 0 Å². The Kier molecular flexibility index (Phi) is 1.98. The molecule has 0 aliphatic rings. The van der Waals surface area contributed by atoms with Crippen molar-refractivity contribution in [2.45, 2.75) is 0 Å². The van der Waals surface area contributed by atoms with Crippen LogP contribution in [-0.4, -0.2) is 25.6 Å². The molecule has 0 unspecified atom stereocenters. The van der Waals surface area contributed by atoms with E-state index in [0.717, 1.165) is 0 Å². The van der Waals surface area contributed by atoms with Gasteiger partial charge >= 0.3 is 5.97 Å². The number of rotatable bonds is 2. The molecule has 2 heterocycles. The summed E-state index contributed by atoms with van der Waals surface area (Å²) < 4.78 is 1.42. The maximum Gasteiger partial charge on any atom is 0.352 e. The zero-order chi connectivity index (χ0) is 9.97. The van der Waals surface area contributed by atoms with Crippen molar-refractivity contribution >= 4 is 5.97 Å². The summed E-state index contributed by atoms with van der Waals surface area (Å²) in [4.78, 5) is 18.7. The molecule has 0 bridgehead atoms.